The smallest absolute Gasteiger partial charge is 0.0725 e. The second-order valence-electron chi connectivity index (χ2n) is 22.2. The molecule has 0 fully saturated rings. The van der Waals surface area contributed by atoms with E-state index in [1.807, 2.05) is 0 Å². The highest BCUT2D eigenvalue weighted by Crippen LogP contribution is 2.68. The molecule has 0 saturated carbocycles. The Morgan fingerprint density at radius 2 is 0.628 bits per heavy atom. The number of hydrogen-bond donors (Lipinski definition) is 0. The van der Waals surface area contributed by atoms with Crippen molar-refractivity contribution in [1.82, 2.24) is 0 Å². The SMILES string of the molecule is CC1(C)c2ccccc2-c2ccc(N(c3ccc(-c4cccc5c4C4(c6ccccc6-c6ccccc64)c4ccccc4C54c5ccccc5-c5ccccc54)cc3)c3ccc(-c4ccccc4)cc3-c3ccccc3)cc21. The normalized spacial score (nSPS) is 14.6. The van der Waals surface area contributed by atoms with Gasteiger partial charge in [-0.05, 0) is 153 Å². The molecule has 366 valence electrons. The Hall–Kier alpha value is -9.56. The highest BCUT2D eigenvalue weighted by Gasteiger charge is 2.59. The summed E-state index contributed by atoms with van der Waals surface area (Å²) in [5.74, 6) is 0. The molecule has 4 aliphatic carbocycles. The van der Waals surface area contributed by atoms with E-state index in [0.717, 1.165) is 17.1 Å². The molecule has 16 rings (SSSR count). The molecular formula is C77H53N. The molecule has 2 spiro atoms. The molecule has 0 amide bonds. The molecule has 78 heavy (non-hydrogen) atoms. The second kappa shape index (κ2) is 16.7. The Labute approximate surface area is 457 Å². The van der Waals surface area contributed by atoms with Gasteiger partial charge in [0.05, 0.1) is 16.5 Å². The quantitative estimate of drug-likeness (QED) is 0.160. The molecule has 12 aromatic rings. The van der Waals surface area contributed by atoms with Crippen molar-refractivity contribution >= 4 is 17.1 Å². The summed E-state index contributed by atoms with van der Waals surface area (Å²) in [6.45, 7) is 4.76. The number of anilines is 3. The number of rotatable bonds is 6. The van der Waals surface area contributed by atoms with Crippen molar-refractivity contribution in [2.24, 2.45) is 0 Å². The van der Waals surface area contributed by atoms with E-state index in [-0.39, 0.29) is 5.41 Å². The molecule has 4 aliphatic rings. The maximum atomic E-state index is 2.50. The van der Waals surface area contributed by atoms with Gasteiger partial charge in [0.1, 0.15) is 0 Å². The lowest BCUT2D eigenvalue weighted by molar-refractivity contribution is 0.634. The third kappa shape index (κ3) is 5.96. The van der Waals surface area contributed by atoms with Gasteiger partial charge in [-0.1, -0.05) is 263 Å². The average Bonchev–Trinajstić information content (AvgIpc) is 2.55. The van der Waals surface area contributed by atoms with E-state index in [2.05, 4.69) is 304 Å². The molecule has 0 unspecified atom stereocenters. The summed E-state index contributed by atoms with van der Waals surface area (Å²) < 4.78 is 0. The molecule has 0 atom stereocenters. The molecule has 12 aromatic carbocycles. The first-order chi connectivity index (χ1) is 38.5. The van der Waals surface area contributed by atoms with E-state index in [0.29, 0.717) is 0 Å². The maximum Gasteiger partial charge on any atom is 0.0725 e. The van der Waals surface area contributed by atoms with Crippen molar-refractivity contribution in [1.29, 1.82) is 0 Å². The van der Waals surface area contributed by atoms with Crippen LogP contribution in [-0.2, 0) is 16.2 Å². The third-order valence-electron chi connectivity index (χ3n) is 18.2. The zero-order chi connectivity index (χ0) is 51.7. The topological polar surface area (TPSA) is 3.24 Å². The lowest BCUT2D eigenvalue weighted by Crippen LogP contribution is -2.44. The summed E-state index contributed by atoms with van der Waals surface area (Å²) in [6, 6.07) is 108. The lowest BCUT2D eigenvalue weighted by Gasteiger charge is -2.49. The van der Waals surface area contributed by atoms with Gasteiger partial charge in [-0.3, -0.25) is 0 Å². The van der Waals surface area contributed by atoms with E-state index in [9.17, 15) is 0 Å². The van der Waals surface area contributed by atoms with Gasteiger partial charge in [0.15, 0.2) is 0 Å². The minimum atomic E-state index is -0.613. The number of benzene rings is 12. The molecule has 0 saturated heterocycles. The van der Waals surface area contributed by atoms with Crippen LogP contribution in [0.1, 0.15) is 69.5 Å². The third-order valence-corrected chi connectivity index (χ3v) is 18.2. The van der Waals surface area contributed by atoms with Gasteiger partial charge >= 0.3 is 0 Å². The molecule has 0 aliphatic heterocycles. The molecule has 1 heteroatoms. The summed E-state index contributed by atoms with van der Waals surface area (Å²) in [7, 11) is 0. The molecule has 0 bridgehead atoms. The van der Waals surface area contributed by atoms with E-state index >= 15 is 0 Å². The van der Waals surface area contributed by atoms with Gasteiger partial charge in [-0.2, -0.15) is 0 Å². The van der Waals surface area contributed by atoms with E-state index < -0.39 is 10.8 Å². The van der Waals surface area contributed by atoms with Gasteiger partial charge in [-0.15, -0.1) is 0 Å². The van der Waals surface area contributed by atoms with Crippen molar-refractivity contribution in [2.45, 2.75) is 30.1 Å². The Morgan fingerprint density at radius 1 is 0.231 bits per heavy atom. The first-order valence-corrected chi connectivity index (χ1v) is 27.5. The highest BCUT2D eigenvalue weighted by atomic mass is 15.1. The first-order valence-electron chi connectivity index (χ1n) is 27.5. The van der Waals surface area contributed by atoms with Gasteiger partial charge in [0.25, 0.3) is 0 Å². The molecule has 0 N–H and O–H groups in total. The fourth-order valence-electron chi connectivity index (χ4n) is 15.0. The van der Waals surface area contributed by atoms with Crippen LogP contribution in [0.5, 0.6) is 0 Å². The summed E-state index contributed by atoms with van der Waals surface area (Å²) >= 11 is 0. The van der Waals surface area contributed by atoms with Gasteiger partial charge in [0, 0.05) is 22.4 Å². The molecule has 0 heterocycles. The highest BCUT2D eigenvalue weighted by molar-refractivity contribution is 5.98. The van der Waals surface area contributed by atoms with Gasteiger partial charge in [0.2, 0.25) is 0 Å². The molecule has 1 nitrogen and oxygen atoms in total. The van der Waals surface area contributed by atoms with Crippen molar-refractivity contribution in [3.05, 3.63) is 341 Å². The van der Waals surface area contributed by atoms with E-state index in [4.69, 9.17) is 0 Å². The van der Waals surface area contributed by atoms with Gasteiger partial charge < -0.3 is 4.90 Å². The standard InChI is InChI=1S/C77H53N/c1-75(2)64-32-14-9-26-57(64)62-46-45-55(49-72(62)75)78(73-47-42-53(50-22-5-3-6-23-50)48-63(73)51-24-7-4-8-25-51)54-43-40-52(41-44-54)56-31-21-39-71-74(56)77(67-35-17-12-29-60(67)61-30-13-18-36-68(61)77)70-38-20-19-37-69(70)76(71)65-33-15-10-27-58(65)59-28-11-16-34-66(59)76/h3-49H,1-2H3. The van der Waals surface area contributed by atoms with Crippen LogP contribution in [0.2, 0.25) is 0 Å². The molecule has 0 aromatic heterocycles. The van der Waals surface area contributed by atoms with Crippen molar-refractivity contribution in [3.8, 4) is 66.8 Å². The predicted octanol–water partition coefficient (Wildman–Crippen LogP) is 19.5. The first kappa shape index (κ1) is 44.7. The number of hydrogen-bond acceptors (Lipinski definition) is 1. The van der Waals surface area contributed by atoms with Gasteiger partial charge in [-0.25, -0.2) is 0 Å². The Bertz CT molecular complexity index is 4320. The van der Waals surface area contributed by atoms with Crippen molar-refractivity contribution in [3.63, 3.8) is 0 Å². The van der Waals surface area contributed by atoms with Crippen LogP contribution in [0.4, 0.5) is 17.1 Å². The zero-order valence-electron chi connectivity index (χ0n) is 43.6. The van der Waals surface area contributed by atoms with E-state index in [1.54, 1.807) is 0 Å². The number of nitrogens with zero attached hydrogens (tertiary/aromatic N) is 1. The minimum absolute atomic E-state index is 0.174. The monoisotopic (exact) mass is 991 g/mol. The summed E-state index contributed by atoms with van der Waals surface area (Å²) in [5.41, 5.74) is 30.4. The van der Waals surface area contributed by atoms with Crippen LogP contribution in [0, 0.1) is 0 Å². The number of fused-ring (bicyclic) bond motifs is 19. The van der Waals surface area contributed by atoms with Crippen LogP contribution >= 0.6 is 0 Å². The van der Waals surface area contributed by atoms with Crippen molar-refractivity contribution < 1.29 is 0 Å². The van der Waals surface area contributed by atoms with E-state index in [1.165, 1.54) is 122 Å². The molecule has 0 radical (unpaired) electrons. The summed E-state index contributed by atoms with van der Waals surface area (Å²) in [6.07, 6.45) is 0. The lowest BCUT2D eigenvalue weighted by atomic mass is 9.51. The summed E-state index contributed by atoms with van der Waals surface area (Å²) in [5, 5.41) is 0. The van der Waals surface area contributed by atoms with Crippen molar-refractivity contribution in [2.75, 3.05) is 4.90 Å². The fourth-order valence-corrected chi connectivity index (χ4v) is 15.0. The Balaban J connectivity index is 0.955. The molecular weight excluding hydrogens is 939 g/mol. The second-order valence-corrected chi connectivity index (χ2v) is 22.2. The minimum Gasteiger partial charge on any atom is -0.310 e. The maximum absolute atomic E-state index is 2.50. The zero-order valence-corrected chi connectivity index (χ0v) is 43.6. The Kier molecular flexibility index (Phi) is 9.58. The fraction of sp³-hybridized carbons (Fsp3) is 0.0649. The predicted molar refractivity (Wildman–Crippen MR) is 323 cm³/mol. The van der Waals surface area contributed by atoms with Crippen LogP contribution in [0.3, 0.4) is 0 Å². The van der Waals surface area contributed by atoms with Crippen LogP contribution in [0.15, 0.2) is 285 Å². The van der Waals surface area contributed by atoms with Crippen LogP contribution in [0.25, 0.3) is 66.8 Å². The summed E-state index contributed by atoms with van der Waals surface area (Å²) in [4.78, 5) is 2.50. The van der Waals surface area contributed by atoms with Crippen LogP contribution < -0.4 is 4.90 Å². The average molecular weight is 992 g/mol. The van der Waals surface area contributed by atoms with Crippen LogP contribution in [-0.4, -0.2) is 0 Å². The Morgan fingerprint density at radius 3 is 1.21 bits per heavy atom. The largest absolute Gasteiger partial charge is 0.310 e.